The summed E-state index contributed by atoms with van der Waals surface area (Å²) in [7, 11) is 1.68. The Morgan fingerprint density at radius 1 is 1.62 bits per heavy atom. The predicted molar refractivity (Wildman–Crippen MR) is 54.3 cm³/mol. The molecule has 74 valence electrons. The molecule has 0 spiro atoms. The van der Waals surface area contributed by atoms with E-state index in [-0.39, 0.29) is 6.61 Å². The van der Waals surface area contributed by atoms with Gasteiger partial charge in [0.25, 0.3) is 0 Å². The van der Waals surface area contributed by atoms with Crippen LogP contribution in [0.5, 0.6) is 5.75 Å². The molecule has 0 saturated heterocycles. The molecule has 1 aromatic rings. The molecule has 1 heterocycles. The van der Waals surface area contributed by atoms with E-state index in [4.69, 9.17) is 9.84 Å². The van der Waals surface area contributed by atoms with Crippen molar-refractivity contribution >= 4 is 11.3 Å². The van der Waals surface area contributed by atoms with Crippen molar-refractivity contribution in [2.24, 2.45) is 0 Å². The predicted octanol–water partition coefficient (Wildman–Crippen LogP) is 1.23. The summed E-state index contributed by atoms with van der Waals surface area (Å²) < 4.78 is 5.16. The van der Waals surface area contributed by atoms with E-state index < -0.39 is 0 Å². The second kappa shape index (κ2) is 5.96. The van der Waals surface area contributed by atoms with Gasteiger partial charge in [0.1, 0.15) is 5.75 Å². The van der Waals surface area contributed by atoms with Gasteiger partial charge in [-0.3, -0.25) is 0 Å². The van der Waals surface area contributed by atoms with Gasteiger partial charge in [-0.15, -0.1) is 11.3 Å². The van der Waals surface area contributed by atoms with Crippen LogP contribution in [0.1, 0.15) is 11.3 Å². The maximum Gasteiger partial charge on any atom is 0.134 e. The smallest absolute Gasteiger partial charge is 0.134 e. The van der Waals surface area contributed by atoms with E-state index in [0.29, 0.717) is 0 Å². The largest absolute Gasteiger partial charge is 0.496 e. The van der Waals surface area contributed by atoms with Gasteiger partial charge in [-0.25, -0.2) is 0 Å². The number of nitrogens with one attached hydrogen (secondary N) is 1. The number of aliphatic hydroxyl groups excluding tert-OH is 1. The van der Waals surface area contributed by atoms with Gasteiger partial charge < -0.3 is 15.2 Å². The number of methoxy groups -OCH3 is 1. The molecule has 0 aliphatic heterocycles. The summed E-state index contributed by atoms with van der Waals surface area (Å²) in [6.07, 6.45) is 0.799. The summed E-state index contributed by atoms with van der Waals surface area (Å²) in [5, 5.41) is 13.8. The molecule has 0 radical (unpaired) electrons. The summed E-state index contributed by atoms with van der Waals surface area (Å²) in [4.78, 5) is 1.21. The first kappa shape index (κ1) is 10.5. The van der Waals surface area contributed by atoms with Gasteiger partial charge >= 0.3 is 0 Å². The minimum absolute atomic E-state index is 0.245. The number of aliphatic hydroxyl groups is 1. The molecule has 0 aliphatic carbocycles. The topological polar surface area (TPSA) is 41.5 Å². The van der Waals surface area contributed by atoms with Crippen molar-refractivity contribution in [1.82, 2.24) is 5.32 Å². The van der Waals surface area contributed by atoms with Crippen LogP contribution in [0.15, 0.2) is 11.4 Å². The van der Waals surface area contributed by atoms with Gasteiger partial charge in [-0.05, 0) is 24.4 Å². The van der Waals surface area contributed by atoms with Gasteiger partial charge in [-0.1, -0.05) is 0 Å². The minimum Gasteiger partial charge on any atom is -0.496 e. The molecule has 0 aromatic carbocycles. The SMILES string of the molecule is COc1ccsc1CNCCCO. The highest BCUT2D eigenvalue weighted by molar-refractivity contribution is 7.10. The van der Waals surface area contributed by atoms with E-state index in [1.165, 1.54) is 4.88 Å². The molecular formula is C9H15NO2S. The van der Waals surface area contributed by atoms with Gasteiger partial charge in [-0.2, -0.15) is 0 Å². The van der Waals surface area contributed by atoms with Gasteiger partial charge in [0.15, 0.2) is 0 Å². The van der Waals surface area contributed by atoms with Crippen molar-refractivity contribution in [3.63, 3.8) is 0 Å². The number of ether oxygens (including phenoxy) is 1. The molecule has 0 unspecified atom stereocenters. The summed E-state index contributed by atoms with van der Waals surface area (Å²) in [6, 6.07) is 1.97. The first-order valence-corrected chi connectivity index (χ1v) is 5.18. The van der Waals surface area contributed by atoms with Crippen molar-refractivity contribution < 1.29 is 9.84 Å². The fraction of sp³-hybridized carbons (Fsp3) is 0.556. The van der Waals surface area contributed by atoms with E-state index in [1.54, 1.807) is 18.4 Å². The van der Waals surface area contributed by atoms with Crippen LogP contribution in [0.4, 0.5) is 0 Å². The molecule has 0 atom stereocenters. The zero-order valence-electron chi connectivity index (χ0n) is 7.75. The first-order chi connectivity index (χ1) is 6.38. The quantitative estimate of drug-likeness (QED) is 0.680. The lowest BCUT2D eigenvalue weighted by molar-refractivity contribution is 0.286. The average Bonchev–Trinajstić information content (AvgIpc) is 2.60. The zero-order chi connectivity index (χ0) is 9.52. The van der Waals surface area contributed by atoms with Gasteiger partial charge in [0.05, 0.1) is 12.0 Å². The monoisotopic (exact) mass is 201 g/mol. The number of hydrogen-bond donors (Lipinski definition) is 2. The van der Waals surface area contributed by atoms with Crippen molar-refractivity contribution in [1.29, 1.82) is 0 Å². The minimum atomic E-state index is 0.245. The van der Waals surface area contributed by atoms with E-state index >= 15 is 0 Å². The normalized spacial score (nSPS) is 10.3. The third kappa shape index (κ3) is 3.34. The van der Waals surface area contributed by atoms with E-state index in [2.05, 4.69) is 5.32 Å². The fourth-order valence-electron chi connectivity index (χ4n) is 1.05. The fourth-order valence-corrected chi connectivity index (χ4v) is 1.85. The highest BCUT2D eigenvalue weighted by Crippen LogP contribution is 2.23. The van der Waals surface area contributed by atoms with E-state index in [9.17, 15) is 0 Å². The van der Waals surface area contributed by atoms with Gasteiger partial charge in [0.2, 0.25) is 0 Å². The molecule has 4 heteroatoms. The van der Waals surface area contributed by atoms with Crippen LogP contribution in [-0.2, 0) is 6.54 Å². The summed E-state index contributed by atoms with van der Waals surface area (Å²) in [5.74, 6) is 0.946. The Hall–Kier alpha value is -0.580. The van der Waals surface area contributed by atoms with Crippen LogP contribution < -0.4 is 10.1 Å². The van der Waals surface area contributed by atoms with Crippen LogP contribution in [0, 0.1) is 0 Å². The highest BCUT2D eigenvalue weighted by Gasteiger charge is 2.02. The molecule has 0 aliphatic rings. The molecule has 0 fully saturated rings. The molecule has 0 amide bonds. The molecule has 0 saturated carbocycles. The average molecular weight is 201 g/mol. The molecule has 2 N–H and O–H groups in total. The van der Waals surface area contributed by atoms with Crippen molar-refractivity contribution in [3.05, 3.63) is 16.3 Å². The molecule has 3 nitrogen and oxygen atoms in total. The second-order valence-electron chi connectivity index (χ2n) is 2.67. The van der Waals surface area contributed by atoms with Crippen LogP contribution in [0.25, 0.3) is 0 Å². The second-order valence-corrected chi connectivity index (χ2v) is 3.67. The zero-order valence-corrected chi connectivity index (χ0v) is 8.56. The third-order valence-corrected chi connectivity index (χ3v) is 2.62. The Kier molecular flexibility index (Phi) is 4.82. The molecule has 1 aromatic heterocycles. The summed E-state index contributed by atoms with van der Waals surface area (Å²) in [6.45, 7) is 1.91. The Morgan fingerprint density at radius 2 is 2.46 bits per heavy atom. The standard InChI is InChI=1S/C9H15NO2S/c1-12-8-3-6-13-9(8)7-10-4-2-5-11/h3,6,10-11H,2,4-5,7H2,1H3. The van der Waals surface area contributed by atoms with Crippen molar-refractivity contribution in [3.8, 4) is 5.75 Å². The van der Waals surface area contributed by atoms with Crippen molar-refractivity contribution in [2.75, 3.05) is 20.3 Å². The Bertz CT molecular complexity index is 237. The Labute approximate surface area is 82.4 Å². The van der Waals surface area contributed by atoms with Crippen molar-refractivity contribution in [2.45, 2.75) is 13.0 Å². The van der Waals surface area contributed by atoms with Crippen LogP contribution in [-0.4, -0.2) is 25.4 Å². The highest BCUT2D eigenvalue weighted by atomic mass is 32.1. The lowest BCUT2D eigenvalue weighted by atomic mass is 10.4. The molecular weight excluding hydrogens is 186 g/mol. The Morgan fingerprint density at radius 3 is 3.15 bits per heavy atom. The Balaban J connectivity index is 2.27. The molecule has 13 heavy (non-hydrogen) atoms. The van der Waals surface area contributed by atoms with E-state index in [1.807, 2.05) is 11.4 Å². The van der Waals surface area contributed by atoms with Crippen LogP contribution >= 0.6 is 11.3 Å². The van der Waals surface area contributed by atoms with Gasteiger partial charge in [0, 0.05) is 13.2 Å². The number of hydrogen-bond acceptors (Lipinski definition) is 4. The maximum atomic E-state index is 8.56. The molecule has 1 rings (SSSR count). The van der Waals surface area contributed by atoms with Crippen LogP contribution in [0.2, 0.25) is 0 Å². The lowest BCUT2D eigenvalue weighted by Gasteiger charge is -2.03. The number of thiophene rings is 1. The summed E-state index contributed by atoms with van der Waals surface area (Å²) >= 11 is 1.68. The summed E-state index contributed by atoms with van der Waals surface area (Å²) in [5.41, 5.74) is 0. The van der Waals surface area contributed by atoms with E-state index in [0.717, 1.165) is 25.3 Å². The number of rotatable bonds is 6. The molecule has 0 bridgehead atoms. The van der Waals surface area contributed by atoms with Crippen LogP contribution in [0.3, 0.4) is 0 Å². The lowest BCUT2D eigenvalue weighted by Crippen LogP contribution is -2.15. The maximum absolute atomic E-state index is 8.56. The first-order valence-electron chi connectivity index (χ1n) is 4.30. The third-order valence-electron chi connectivity index (χ3n) is 1.72.